The number of amides is 1. The summed E-state index contributed by atoms with van der Waals surface area (Å²) in [6.45, 7) is 1.95. The van der Waals surface area contributed by atoms with E-state index >= 15 is 0 Å². The van der Waals surface area contributed by atoms with Crippen molar-refractivity contribution in [3.63, 3.8) is 0 Å². The van der Waals surface area contributed by atoms with Gasteiger partial charge in [0, 0.05) is 0 Å². The van der Waals surface area contributed by atoms with Crippen molar-refractivity contribution in [1.29, 1.82) is 0 Å². The highest BCUT2D eigenvalue weighted by Crippen LogP contribution is 2.31. The molecule has 9 heteroatoms. The van der Waals surface area contributed by atoms with Gasteiger partial charge in [-0.05, 0) is 36.8 Å². The number of H-pyrrole nitrogens is 1. The summed E-state index contributed by atoms with van der Waals surface area (Å²) in [7, 11) is 0. The number of para-hydroxylation sites is 1. The van der Waals surface area contributed by atoms with Crippen LogP contribution in [0.5, 0.6) is 5.75 Å². The van der Waals surface area contributed by atoms with E-state index < -0.39 is 0 Å². The van der Waals surface area contributed by atoms with Crippen molar-refractivity contribution in [2.45, 2.75) is 13.0 Å². The number of benzene rings is 2. The Morgan fingerprint density at radius 1 is 1.17 bits per heavy atom. The van der Waals surface area contributed by atoms with Gasteiger partial charge >= 0.3 is 0 Å². The molecule has 0 radical (unpaired) electrons. The van der Waals surface area contributed by atoms with Crippen LogP contribution in [0.4, 0.5) is 11.6 Å². The van der Waals surface area contributed by atoms with E-state index in [1.807, 2.05) is 55.5 Å². The summed E-state index contributed by atoms with van der Waals surface area (Å²) in [5.41, 5.74) is 2.53. The number of nitrogens with one attached hydrogen (secondary N) is 3. The summed E-state index contributed by atoms with van der Waals surface area (Å²) >= 11 is 0. The quantitative estimate of drug-likeness (QED) is 0.484. The first-order chi connectivity index (χ1) is 14.6. The highest BCUT2D eigenvalue weighted by molar-refractivity contribution is 5.95. The fourth-order valence-corrected chi connectivity index (χ4v) is 3.40. The second kappa shape index (κ2) is 7.03. The molecule has 2 aromatic carbocycles. The molecule has 150 valence electrons. The largest absolute Gasteiger partial charge is 0.482 e. The molecule has 30 heavy (non-hydrogen) atoms. The first-order valence-electron chi connectivity index (χ1n) is 9.45. The molecule has 1 amide bonds. The van der Waals surface area contributed by atoms with Gasteiger partial charge in [-0.2, -0.15) is 10.1 Å². The lowest BCUT2D eigenvalue weighted by atomic mass is 10.1. The SMILES string of the molecule is CC(Nc1nc2c(cnn2-c2ccccc2)c(=O)[nH]1)c1ccc2c(c1)NC(=O)CO2. The second-order valence-corrected chi connectivity index (χ2v) is 7.00. The Kier molecular flexibility index (Phi) is 4.20. The zero-order valence-corrected chi connectivity index (χ0v) is 16.0. The van der Waals surface area contributed by atoms with E-state index in [1.165, 1.54) is 6.20 Å². The minimum atomic E-state index is -0.275. The van der Waals surface area contributed by atoms with Crippen LogP contribution in [0.2, 0.25) is 0 Å². The maximum Gasteiger partial charge on any atom is 0.263 e. The Morgan fingerprint density at radius 3 is 2.83 bits per heavy atom. The molecule has 4 aromatic rings. The smallest absolute Gasteiger partial charge is 0.263 e. The summed E-state index contributed by atoms with van der Waals surface area (Å²) in [4.78, 5) is 31.4. The topological polar surface area (TPSA) is 114 Å². The molecule has 1 atom stereocenters. The lowest BCUT2D eigenvalue weighted by molar-refractivity contribution is -0.118. The van der Waals surface area contributed by atoms with E-state index in [4.69, 9.17) is 4.74 Å². The van der Waals surface area contributed by atoms with Crippen LogP contribution in [0.1, 0.15) is 18.5 Å². The molecule has 9 nitrogen and oxygen atoms in total. The first kappa shape index (κ1) is 17.9. The number of aromatic nitrogens is 4. The fourth-order valence-electron chi connectivity index (χ4n) is 3.40. The summed E-state index contributed by atoms with van der Waals surface area (Å²) in [6, 6.07) is 14.9. The van der Waals surface area contributed by atoms with E-state index in [2.05, 4.69) is 25.7 Å². The van der Waals surface area contributed by atoms with Gasteiger partial charge in [-0.25, -0.2) is 4.68 Å². The van der Waals surface area contributed by atoms with Gasteiger partial charge in [0.15, 0.2) is 12.3 Å². The van der Waals surface area contributed by atoms with Crippen LogP contribution in [-0.2, 0) is 4.79 Å². The van der Waals surface area contributed by atoms with Gasteiger partial charge in [0.25, 0.3) is 11.5 Å². The number of rotatable bonds is 4. The van der Waals surface area contributed by atoms with Crippen molar-refractivity contribution in [3.8, 4) is 11.4 Å². The number of nitrogens with zero attached hydrogens (tertiary/aromatic N) is 3. The number of ether oxygens (including phenoxy) is 1. The van der Waals surface area contributed by atoms with Crippen molar-refractivity contribution in [2.24, 2.45) is 0 Å². The Hall–Kier alpha value is -4.14. The molecule has 1 aliphatic rings. The molecule has 5 rings (SSSR count). The number of hydrogen-bond acceptors (Lipinski definition) is 6. The third-order valence-corrected chi connectivity index (χ3v) is 4.93. The van der Waals surface area contributed by atoms with Gasteiger partial charge in [-0.15, -0.1) is 0 Å². The molecule has 0 aliphatic carbocycles. The zero-order chi connectivity index (χ0) is 20.7. The lowest BCUT2D eigenvalue weighted by Gasteiger charge is -2.21. The van der Waals surface area contributed by atoms with Crippen molar-refractivity contribution < 1.29 is 9.53 Å². The van der Waals surface area contributed by atoms with Crippen molar-refractivity contribution in [3.05, 3.63) is 70.6 Å². The van der Waals surface area contributed by atoms with Gasteiger partial charge in [0.2, 0.25) is 5.95 Å². The third kappa shape index (κ3) is 3.16. The highest BCUT2D eigenvalue weighted by atomic mass is 16.5. The average molecular weight is 402 g/mol. The predicted molar refractivity (Wildman–Crippen MR) is 112 cm³/mol. The number of carbonyl (C=O) groups is 1. The van der Waals surface area contributed by atoms with Crippen LogP contribution < -0.4 is 20.9 Å². The Morgan fingerprint density at radius 2 is 2.00 bits per heavy atom. The van der Waals surface area contributed by atoms with E-state index in [0.29, 0.717) is 28.4 Å². The Bertz CT molecular complexity index is 1310. The molecule has 0 spiro atoms. The number of fused-ring (bicyclic) bond motifs is 2. The van der Waals surface area contributed by atoms with Crippen LogP contribution in [0.25, 0.3) is 16.7 Å². The molecule has 0 bridgehead atoms. The van der Waals surface area contributed by atoms with Crippen LogP contribution in [0.3, 0.4) is 0 Å². The summed E-state index contributed by atoms with van der Waals surface area (Å²) in [5, 5.41) is 10.7. The molecule has 2 aromatic heterocycles. The van der Waals surface area contributed by atoms with Gasteiger partial charge in [-0.1, -0.05) is 24.3 Å². The molecular formula is C21H18N6O3. The number of carbonyl (C=O) groups excluding carboxylic acids is 1. The zero-order valence-electron chi connectivity index (χ0n) is 16.0. The average Bonchev–Trinajstić information content (AvgIpc) is 3.18. The molecule has 0 saturated carbocycles. The summed E-state index contributed by atoms with van der Waals surface area (Å²) in [5.74, 6) is 0.770. The van der Waals surface area contributed by atoms with Crippen LogP contribution in [0.15, 0.2) is 59.5 Å². The monoisotopic (exact) mass is 402 g/mol. The van der Waals surface area contributed by atoms with E-state index in [1.54, 1.807) is 4.68 Å². The third-order valence-electron chi connectivity index (χ3n) is 4.93. The molecule has 3 heterocycles. The van der Waals surface area contributed by atoms with Gasteiger partial charge < -0.3 is 15.4 Å². The maximum atomic E-state index is 12.5. The van der Waals surface area contributed by atoms with Crippen molar-refractivity contribution >= 4 is 28.6 Å². The molecular weight excluding hydrogens is 384 g/mol. The van der Waals surface area contributed by atoms with Crippen LogP contribution in [0, 0.1) is 0 Å². The molecule has 1 unspecified atom stereocenters. The normalized spacial score (nSPS) is 14.0. The predicted octanol–water partition coefficient (Wildman–Crippen LogP) is 2.61. The minimum Gasteiger partial charge on any atom is -0.482 e. The summed E-state index contributed by atoms with van der Waals surface area (Å²) in [6.07, 6.45) is 1.51. The summed E-state index contributed by atoms with van der Waals surface area (Å²) < 4.78 is 7.03. The van der Waals surface area contributed by atoms with Crippen molar-refractivity contribution in [1.82, 2.24) is 19.7 Å². The lowest BCUT2D eigenvalue weighted by Crippen LogP contribution is -2.25. The maximum absolute atomic E-state index is 12.5. The van der Waals surface area contributed by atoms with Gasteiger partial charge in [0.05, 0.1) is 23.6 Å². The number of anilines is 2. The highest BCUT2D eigenvalue weighted by Gasteiger charge is 2.18. The Balaban J connectivity index is 1.47. The molecule has 3 N–H and O–H groups in total. The fraction of sp³-hybridized carbons (Fsp3) is 0.143. The minimum absolute atomic E-state index is 0.0143. The van der Waals surface area contributed by atoms with Gasteiger partial charge in [0.1, 0.15) is 11.1 Å². The Labute approximate surface area is 170 Å². The van der Waals surface area contributed by atoms with Crippen LogP contribution >= 0.6 is 0 Å². The number of aromatic amines is 1. The standard InChI is InChI=1S/C21H18N6O3/c1-12(13-7-8-17-16(9-13)24-18(28)11-30-17)23-21-25-19-15(20(29)26-21)10-22-27(19)14-5-3-2-4-6-14/h2-10,12H,11H2,1H3,(H,24,28)(H2,23,25,26,29). The van der Waals surface area contributed by atoms with Crippen molar-refractivity contribution in [2.75, 3.05) is 17.2 Å². The molecule has 0 saturated heterocycles. The molecule has 0 fully saturated rings. The van der Waals surface area contributed by atoms with E-state index in [9.17, 15) is 9.59 Å². The van der Waals surface area contributed by atoms with Crippen LogP contribution in [-0.4, -0.2) is 32.3 Å². The van der Waals surface area contributed by atoms with Gasteiger partial charge in [-0.3, -0.25) is 14.6 Å². The molecule has 1 aliphatic heterocycles. The second-order valence-electron chi connectivity index (χ2n) is 7.00. The first-order valence-corrected chi connectivity index (χ1v) is 9.45. The van der Waals surface area contributed by atoms with E-state index in [-0.39, 0.29) is 24.1 Å². The number of hydrogen-bond donors (Lipinski definition) is 3. The van der Waals surface area contributed by atoms with E-state index in [0.717, 1.165) is 11.3 Å².